The largest absolute Gasteiger partial charge is 0.254 e. The minimum absolute atomic E-state index is 0.162. The number of fused-ring (bicyclic) bond motifs is 1. The quantitative estimate of drug-likeness (QED) is 0.707. The minimum atomic E-state index is -3.47. The summed E-state index contributed by atoms with van der Waals surface area (Å²) in [5.41, 5.74) is 3.50. The first-order chi connectivity index (χ1) is 11.9. The van der Waals surface area contributed by atoms with Crippen LogP contribution in [-0.2, 0) is 10.0 Å². The fourth-order valence-corrected chi connectivity index (χ4v) is 5.40. The highest BCUT2D eigenvalue weighted by atomic mass is 32.2. The molecule has 2 heterocycles. The van der Waals surface area contributed by atoms with Crippen LogP contribution in [0.5, 0.6) is 0 Å². The second kappa shape index (κ2) is 5.66. The fraction of sp³-hybridized carbons (Fsp3) is 0.316. The molecule has 1 aliphatic rings. The molecule has 0 amide bonds. The monoisotopic (exact) mass is 358 g/mol. The Bertz CT molecular complexity index is 1060. The predicted octanol–water partition coefficient (Wildman–Crippen LogP) is 4.05. The highest BCUT2D eigenvalue weighted by Gasteiger charge is 2.32. The molecule has 0 aliphatic heterocycles. The van der Waals surface area contributed by atoms with Gasteiger partial charge in [0.2, 0.25) is 10.0 Å². The molecule has 0 atom stereocenters. The first-order valence-corrected chi connectivity index (χ1v) is 9.95. The van der Waals surface area contributed by atoms with Gasteiger partial charge in [0.15, 0.2) is 0 Å². The van der Waals surface area contributed by atoms with E-state index in [4.69, 9.17) is 0 Å². The first kappa shape index (κ1) is 16.3. The molecule has 0 spiro atoms. The zero-order valence-electron chi connectivity index (χ0n) is 14.2. The first-order valence-electron chi connectivity index (χ1n) is 8.34. The number of hydrogen-bond donors (Lipinski definition) is 0. The van der Waals surface area contributed by atoms with Gasteiger partial charge in [0.05, 0.1) is 17.0 Å². The maximum atomic E-state index is 13.3. The average Bonchev–Trinajstić information content (AvgIpc) is 3.33. The van der Waals surface area contributed by atoms with E-state index in [1.807, 2.05) is 19.9 Å². The Hall–Kier alpha value is -2.21. The smallest absolute Gasteiger partial charge is 0.239 e. The van der Waals surface area contributed by atoms with Crippen molar-refractivity contribution >= 4 is 20.9 Å². The van der Waals surface area contributed by atoms with Crippen LogP contribution < -0.4 is 0 Å². The number of hydrogen-bond acceptors (Lipinski definition) is 3. The van der Waals surface area contributed by atoms with Gasteiger partial charge < -0.3 is 0 Å². The second-order valence-electron chi connectivity index (χ2n) is 6.76. The molecule has 0 radical (unpaired) electrons. The Labute approximate surface area is 146 Å². The molecule has 0 bridgehead atoms. The van der Waals surface area contributed by atoms with Crippen LogP contribution in [0.3, 0.4) is 0 Å². The topological polar surface area (TPSA) is 52.0 Å². The van der Waals surface area contributed by atoms with Crippen molar-refractivity contribution in [1.29, 1.82) is 0 Å². The van der Waals surface area contributed by atoms with E-state index in [1.165, 1.54) is 16.1 Å². The summed E-state index contributed by atoms with van der Waals surface area (Å²) < 4.78 is 40.8. The summed E-state index contributed by atoms with van der Waals surface area (Å²) >= 11 is 0. The number of nitrogens with zero attached hydrogens (tertiary/aromatic N) is 2. The summed E-state index contributed by atoms with van der Waals surface area (Å²) in [7, 11) is -3.47. The standard InChI is InChI=1S/C19H19FN2O2S/c1-12-13(2)22(25(23,24)11-14-3-4-14)19-17(12)9-10-21-18(19)15-5-7-16(20)8-6-15/h5-10,14H,3-4,11H2,1-2H3. The van der Waals surface area contributed by atoms with E-state index in [0.29, 0.717) is 22.5 Å². The molecule has 25 heavy (non-hydrogen) atoms. The molecule has 6 heteroatoms. The lowest BCUT2D eigenvalue weighted by Gasteiger charge is -2.12. The number of aromatic nitrogens is 2. The van der Waals surface area contributed by atoms with Gasteiger partial charge in [-0.25, -0.2) is 16.8 Å². The van der Waals surface area contributed by atoms with Crippen LogP contribution in [0.25, 0.3) is 22.2 Å². The van der Waals surface area contributed by atoms with Gasteiger partial charge in [-0.15, -0.1) is 0 Å². The van der Waals surface area contributed by atoms with Gasteiger partial charge >= 0.3 is 0 Å². The van der Waals surface area contributed by atoms with Crippen molar-refractivity contribution in [2.75, 3.05) is 5.75 Å². The van der Waals surface area contributed by atoms with Crippen LogP contribution in [0.2, 0.25) is 0 Å². The highest BCUT2D eigenvalue weighted by molar-refractivity contribution is 7.90. The van der Waals surface area contributed by atoms with Gasteiger partial charge in [0, 0.05) is 22.8 Å². The molecule has 0 unspecified atom stereocenters. The zero-order chi connectivity index (χ0) is 17.8. The summed E-state index contributed by atoms with van der Waals surface area (Å²) in [4.78, 5) is 4.42. The lowest BCUT2D eigenvalue weighted by atomic mass is 10.1. The summed E-state index contributed by atoms with van der Waals surface area (Å²) in [6.45, 7) is 3.75. The number of halogens is 1. The van der Waals surface area contributed by atoms with Crippen molar-refractivity contribution in [2.45, 2.75) is 26.7 Å². The molecule has 3 aromatic rings. The molecule has 0 saturated heterocycles. The van der Waals surface area contributed by atoms with Crippen LogP contribution in [0, 0.1) is 25.6 Å². The Kier molecular flexibility index (Phi) is 3.68. The van der Waals surface area contributed by atoms with Crippen molar-refractivity contribution in [3.05, 3.63) is 53.6 Å². The van der Waals surface area contributed by atoms with Crippen molar-refractivity contribution in [2.24, 2.45) is 5.92 Å². The number of aryl methyl sites for hydroxylation is 1. The number of pyridine rings is 1. The van der Waals surface area contributed by atoms with E-state index in [9.17, 15) is 12.8 Å². The van der Waals surface area contributed by atoms with Crippen molar-refractivity contribution in [3.8, 4) is 11.3 Å². The van der Waals surface area contributed by atoms with Crippen LogP contribution in [-0.4, -0.2) is 23.1 Å². The molecule has 130 valence electrons. The molecule has 4 rings (SSSR count). The zero-order valence-corrected chi connectivity index (χ0v) is 15.0. The summed E-state index contributed by atoms with van der Waals surface area (Å²) in [6.07, 6.45) is 3.62. The van der Waals surface area contributed by atoms with Crippen LogP contribution >= 0.6 is 0 Å². The van der Waals surface area contributed by atoms with Gasteiger partial charge in [0.1, 0.15) is 5.82 Å². The average molecular weight is 358 g/mol. The maximum Gasteiger partial charge on any atom is 0.239 e. The lowest BCUT2D eigenvalue weighted by molar-refractivity contribution is 0.584. The van der Waals surface area contributed by atoms with E-state index in [2.05, 4.69) is 4.98 Å². The summed E-state index contributed by atoms with van der Waals surface area (Å²) in [5, 5.41) is 0.867. The van der Waals surface area contributed by atoms with E-state index < -0.39 is 10.0 Å². The third-order valence-corrected chi connectivity index (χ3v) is 6.82. The van der Waals surface area contributed by atoms with Gasteiger partial charge in [-0.2, -0.15) is 0 Å². The number of benzene rings is 1. The third kappa shape index (κ3) is 2.74. The van der Waals surface area contributed by atoms with E-state index >= 15 is 0 Å². The normalized spacial score (nSPS) is 15.0. The molecule has 4 nitrogen and oxygen atoms in total. The molecule has 2 aromatic heterocycles. The van der Waals surface area contributed by atoms with Crippen molar-refractivity contribution in [3.63, 3.8) is 0 Å². The fourth-order valence-electron chi connectivity index (χ4n) is 3.30. The molecule has 1 fully saturated rings. The van der Waals surface area contributed by atoms with Crippen molar-refractivity contribution < 1.29 is 12.8 Å². The van der Waals surface area contributed by atoms with E-state index in [-0.39, 0.29) is 17.5 Å². The Balaban J connectivity index is 2.02. The number of rotatable bonds is 4. The Morgan fingerprint density at radius 2 is 1.84 bits per heavy atom. The van der Waals surface area contributed by atoms with Gasteiger partial charge in [0.25, 0.3) is 0 Å². The van der Waals surface area contributed by atoms with E-state index in [0.717, 1.165) is 23.8 Å². The summed E-state index contributed by atoms with van der Waals surface area (Å²) in [6, 6.07) is 7.83. The molecule has 1 aromatic carbocycles. The Morgan fingerprint density at radius 1 is 1.16 bits per heavy atom. The van der Waals surface area contributed by atoms with Crippen LogP contribution in [0.1, 0.15) is 24.1 Å². The second-order valence-corrected chi connectivity index (χ2v) is 8.62. The highest BCUT2D eigenvalue weighted by Crippen LogP contribution is 2.36. The minimum Gasteiger partial charge on any atom is -0.254 e. The molecule has 1 saturated carbocycles. The Morgan fingerprint density at radius 3 is 2.48 bits per heavy atom. The van der Waals surface area contributed by atoms with Crippen LogP contribution in [0.4, 0.5) is 4.39 Å². The van der Waals surface area contributed by atoms with Gasteiger partial charge in [-0.05, 0) is 68.5 Å². The van der Waals surface area contributed by atoms with Gasteiger partial charge in [-0.3, -0.25) is 4.98 Å². The molecular weight excluding hydrogens is 339 g/mol. The van der Waals surface area contributed by atoms with Gasteiger partial charge in [-0.1, -0.05) is 0 Å². The maximum absolute atomic E-state index is 13.3. The van der Waals surface area contributed by atoms with E-state index in [1.54, 1.807) is 18.3 Å². The summed E-state index contributed by atoms with van der Waals surface area (Å²) in [5.74, 6) is 0.0857. The SMILES string of the molecule is Cc1c(C)n(S(=O)(=O)CC2CC2)c2c(-c3ccc(F)cc3)nccc12. The van der Waals surface area contributed by atoms with Crippen molar-refractivity contribution in [1.82, 2.24) is 8.96 Å². The predicted molar refractivity (Wildman–Crippen MR) is 96.5 cm³/mol. The lowest BCUT2D eigenvalue weighted by Crippen LogP contribution is -2.19. The molecule has 1 aliphatic carbocycles. The molecular formula is C19H19FN2O2S. The molecule has 0 N–H and O–H groups in total. The third-order valence-electron chi connectivity index (χ3n) is 4.92. The van der Waals surface area contributed by atoms with Crippen LogP contribution in [0.15, 0.2) is 36.5 Å².